The fraction of sp³-hybridized carbons (Fsp3) is 0.208. The second-order valence-electron chi connectivity index (χ2n) is 7.16. The maximum absolute atomic E-state index is 12.6. The van der Waals surface area contributed by atoms with Crippen molar-refractivity contribution in [1.82, 2.24) is 5.32 Å². The van der Waals surface area contributed by atoms with E-state index in [-0.39, 0.29) is 23.5 Å². The molecule has 0 radical (unpaired) electrons. The SMILES string of the molecule is COc1ccc(NS(=O)(=O)c2ccc(OCC(=O)NC(C)c3ccc(OC)cc3)cc2)cc1. The number of rotatable bonds is 10. The second kappa shape index (κ2) is 10.7. The molecule has 9 heteroatoms. The summed E-state index contributed by atoms with van der Waals surface area (Å²) >= 11 is 0. The fourth-order valence-corrected chi connectivity index (χ4v) is 4.05. The average molecular weight is 471 g/mol. The molecule has 0 bridgehead atoms. The molecule has 0 aromatic heterocycles. The lowest BCUT2D eigenvalue weighted by molar-refractivity contribution is -0.123. The van der Waals surface area contributed by atoms with E-state index in [1.54, 1.807) is 31.4 Å². The van der Waals surface area contributed by atoms with E-state index < -0.39 is 10.0 Å². The van der Waals surface area contributed by atoms with Crippen LogP contribution in [0.2, 0.25) is 0 Å². The normalized spacial score (nSPS) is 11.8. The van der Waals surface area contributed by atoms with E-state index in [0.717, 1.165) is 11.3 Å². The molecule has 3 aromatic rings. The Morgan fingerprint density at radius 3 is 1.88 bits per heavy atom. The van der Waals surface area contributed by atoms with Gasteiger partial charge in [0.05, 0.1) is 25.2 Å². The number of carbonyl (C=O) groups is 1. The zero-order valence-electron chi connectivity index (χ0n) is 18.6. The Bertz CT molecular complexity index is 1160. The van der Waals surface area contributed by atoms with Crippen molar-refractivity contribution in [2.45, 2.75) is 17.9 Å². The molecule has 33 heavy (non-hydrogen) atoms. The highest BCUT2D eigenvalue weighted by molar-refractivity contribution is 7.92. The summed E-state index contributed by atoms with van der Waals surface area (Å²) < 4.78 is 43.3. The molecule has 0 aliphatic heterocycles. The first-order chi connectivity index (χ1) is 15.8. The molecule has 1 amide bonds. The quantitative estimate of drug-likeness (QED) is 0.468. The first-order valence-electron chi connectivity index (χ1n) is 10.1. The Balaban J connectivity index is 1.53. The molecule has 2 N–H and O–H groups in total. The lowest BCUT2D eigenvalue weighted by Crippen LogP contribution is -2.31. The van der Waals surface area contributed by atoms with E-state index in [2.05, 4.69) is 10.0 Å². The van der Waals surface area contributed by atoms with Crippen molar-refractivity contribution >= 4 is 21.6 Å². The number of methoxy groups -OCH3 is 2. The predicted octanol–water partition coefficient (Wildman–Crippen LogP) is 3.76. The standard InChI is InChI=1S/C24H26N2O6S/c1-17(18-4-8-20(30-2)9-5-18)25-24(27)16-32-22-12-14-23(15-13-22)33(28,29)26-19-6-10-21(31-3)11-7-19/h4-15,17,26H,16H2,1-3H3,(H,25,27). The van der Waals surface area contributed by atoms with Gasteiger partial charge in [0.15, 0.2) is 6.61 Å². The number of sulfonamides is 1. The zero-order valence-corrected chi connectivity index (χ0v) is 19.4. The zero-order chi connectivity index (χ0) is 23.8. The van der Waals surface area contributed by atoms with Crippen molar-refractivity contribution < 1.29 is 27.4 Å². The molecule has 8 nitrogen and oxygen atoms in total. The van der Waals surface area contributed by atoms with Crippen molar-refractivity contribution in [3.63, 3.8) is 0 Å². The highest BCUT2D eigenvalue weighted by atomic mass is 32.2. The van der Waals surface area contributed by atoms with Gasteiger partial charge in [0.1, 0.15) is 17.2 Å². The van der Waals surface area contributed by atoms with E-state index >= 15 is 0 Å². The first kappa shape index (κ1) is 23.9. The number of anilines is 1. The summed E-state index contributed by atoms with van der Waals surface area (Å²) in [5.41, 5.74) is 1.35. The van der Waals surface area contributed by atoms with Gasteiger partial charge in [0.2, 0.25) is 0 Å². The molecular weight excluding hydrogens is 444 g/mol. The van der Waals surface area contributed by atoms with Crippen molar-refractivity contribution in [3.05, 3.63) is 78.4 Å². The molecule has 0 spiro atoms. The van der Waals surface area contributed by atoms with Gasteiger partial charge in [-0.3, -0.25) is 9.52 Å². The van der Waals surface area contributed by atoms with E-state index in [1.807, 2.05) is 31.2 Å². The maximum Gasteiger partial charge on any atom is 0.261 e. The predicted molar refractivity (Wildman–Crippen MR) is 125 cm³/mol. The summed E-state index contributed by atoms with van der Waals surface area (Å²) in [5.74, 6) is 1.45. The van der Waals surface area contributed by atoms with Crippen LogP contribution in [0.5, 0.6) is 17.2 Å². The van der Waals surface area contributed by atoms with Gasteiger partial charge in [0, 0.05) is 5.69 Å². The minimum atomic E-state index is -3.77. The molecule has 0 saturated heterocycles. The van der Waals surface area contributed by atoms with Crippen molar-refractivity contribution in [2.75, 3.05) is 25.5 Å². The van der Waals surface area contributed by atoms with E-state index in [0.29, 0.717) is 17.2 Å². The van der Waals surface area contributed by atoms with Crippen LogP contribution in [0.1, 0.15) is 18.5 Å². The van der Waals surface area contributed by atoms with Gasteiger partial charge < -0.3 is 19.5 Å². The van der Waals surface area contributed by atoms with Crippen LogP contribution in [0.25, 0.3) is 0 Å². The summed E-state index contributed by atoms with van der Waals surface area (Å²) in [6, 6.07) is 19.6. The van der Waals surface area contributed by atoms with Gasteiger partial charge in [-0.1, -0.05) is 12.1 Å². The van der Waals surface area contributed by atoms with Crippen LogP contribution in [0, 0.1) is 0 Å². The van der Waals surface area contributed by atoms with Gasteiger partial charge in [-0.25, -0.2) is 8.42 Å². The Kier molecular flexibility index (Phi) is 7.78. The lowest BCUT2D eigenvalue weighted by atomic mass is 10.1. The largest absolute Gasteiger partial charge is 0.497 e. The molecule has 0 saturated carbocycles. The minimum absolute atomic E-state index is 0.0725. The average Bonchev–Trinajstić information content (AvgIpc) is 2.83. The molecule has 1 unspecified atom stereocenters. The lowest BCUT2D eigenvalue weighted by Gasteiger charge is -2.15. The Labute approximate surface area is 193 Å². The summed E-state index contributed by atoms with van der Waals surface area (Å²) in [7, 11) is -0.637. The number of benzene rings is 3. The van der Waals surface area contributed by atoms with Crippen LogP contribution in [0.15, 0.2) is 77.7 Å². The van der Waals surface area contributed by atoms with Gasteiger partial charge in [-0.2, -0.15) is 0 Å². The van der Waals surface area contributed by atoms with Crippen LogP contribution >= 0.6 is 0 Å². The summed E-state index contributed by atoms with van der Waals surface area (Å²) in [4.78, 5) is 12.3. The number of hydrogen-bond donors (Lipinski definition) is 2. The van der Waals surface area contributed by atoms with Crippen LogP contribution in [0.4, 0.5) is 5.69 Å². The highest BCUT2D eigenvalue weighted by Crippen LogP contribution is 2.21. The molecule has 0 aliphatic carbocycles. The number of carbonyl (C=O) groups excluding carboxylic acids is 1. The molecule has 0 aliphatic rings. The van der Waals surface area contributed by atoms with Crippen LogP contribution in [-0.2, 0) is 14.8 Å². The topological polar surface area (TPSA) is 103 Å². The van der Waals surface area contributed by atoms with Gasteiger partial charge in [0.25, 0.3) is 15.9 Å². The van der Waals surface area contributed by atoms with E-state index in [4.69, 9.17) is 14.2 Å². The smallest absolute Gasteiger partial charge is 0.261 e. The maximum atomic E-state index is 12.6. The fourth-order valence-electron chi connectivity index (χ4n) is 3.00. The summed E-state index contributed by atoms with van der Waals surface area (Å²) in [6.45, 7) is 1.67. The molecule has 0 fully saturated rings. The van der Waals surface area contributed by atoms with Crippen molar-refractivity contribution in [1.29, 1.82) is 0 Å². The van der Waals surface area contributed by atoms with E-state index in [1.165, 1.54) is 31.4 Å². The van der Waals surface area contributed by atoms with Crippen molar-refractivity contribution in [2.24, 2.45) is 0 Å². The molecular formula is C24H26N2O6S. The minimum Gasteiger partial charge on any atom is -0.497 e. The first-order valence-corrected chi connectivity index (χ1v) is 11.6. The van der Waals surface area contributed by atoms with Crippen LogP contribution in [0.3, 0.4) is 0 Å². The third-order valence-corrected chi connectivity index (χ3v) is 6.24. The number of ether oxygens (including phenoxy) is 3. The van der Waals surface area contributed by atoms with Crippen molar-refractivity contribution in [3.8, 4) is 17.2 Å². The van der Waals surface area contributed by atoms with Gasteiger partial charge in [-0.15, -0.1) is 0 Å². The van der Waals surface area contributed by atoms with Gasteiger partial charge in [-0.05, 0) is 73.2 Å². The molecule has 1 atom stereocenters. The molecule has 0 heterocycles. The molecule has 174 valence electrons. The number of hydrogen-bond acceptors (Lipinski definition) is 6. The van der Waals surface area contributed by atoms with E-state index in [9.17, 15) is 13.2 Å². The second-order valence-corrected chi connectivity index (χ2v) is 8.84. The summed E-state index contributed by atoms with van der Waals surface area (Å²) in [5, 5.41) is 2.86. The van der Waals surface area contributed by atoms with Crippen LogP contribution < -0.4 is 24.2 Å². The third kappa shape index (κ3) is 6.63. The molecule has 3 rings (SSSR count). The number of amides is 1. The number of nitrogens with one attached hydrogen (secondary N) is 2. The monoisotopic (exact) mass is 470 g/mol. The van der Waals surface area contributed by atoms with Crippen LogP contribution in [-0.4, -0.2) is 35.2 Å². The summed E-state index contributed by atoms with van der Waals surface area (Å²) in [6.07, 6.45) is 0. The van der Waals surface area contributed by atoms with Gasteiger partial charge >= 0.3 is 0 Å². The third-order valence-electron chi connectivity index (χ3n) is 4.84. The highest BCUT2D eigenvalue weighted by Gasteiger charge is 2.15. The Morgan fingerprint density at radius 2 is 1.33 bits per heavy atom. The Hall–Kier alpha value is -3.72. The Morgan fingerprint density at radius 1 is 0.818 bits per heavy atom. The molecule has 3 aromatic carbocycles.